The highest BCUT2D eigenvalue weighted by Crippen LogP contribution is 2.22. The molecular formula is C23H29N3O2. The molecule has 2 aromatic rings. The topological polar surface area (TPSA) is 44.8 Å². The zero-order chi connectivity index (χ0) is 19.2. The first-order valence-electron chi connectivity index (χ1n) is 10.3. The maximum absolute atomic E-state index is 12.4. The number of carbonyl (C=O) groups is 1. The van der Waals surface area contributed by atoms with Crippen molar-refractivity contribution in [3.8, 4) is 0 Å². The molecular weight excluding hydrogens is 350 g/mol. The molecule has 2 aliphatic heterocycles. The van der Waals surface area contributed by atoms with Gasteiger partial charge in [-0.05, 0) is 42.7 Å². The summed E-state index contributed by atoms with van der Waals surface area (Å²) in [6, 6.07) is 18.9. The second-order valence-electron chi connectivity index (χ2n) is 7.67. The van der Waals surface area contributed by atoms with E-state index in [-0.39, 0.29) is 11.8 Å². The molecule has 2 heterocycles. The second kappa shape index (κ2) is 9.22. The van der Waals surface area contributed by atoms with Crippen LogP contribution in [-0.2, 0) is 16.1 Å². The van der Waals surface area contributed by atoms with Crippen molar-refractivity contribution in [3.05, 3.63) is 60.2 Å². The molecule has 0 aromatic heterocycles. The van der Waals surface area contributed by atoms with E-state index in [1.54, 1.807) is 0 Å². The van der Waals surface area contributed by atoms with Crippen LogP contribution in [0.25, 0.3) is 0 Å². The van der Waals surface area contributed by atoms with Crippen LogP contribution in [-0.4, -0.2) is 50.2 Å². The molecule has 0 bridgehead atoms. The van der Waals surface area contributed by atoms with Crippen LogP contribution in [0.5, 0.6) is 0 Å². The van der Waals surface area contributed by atoms with Gasteiger partial charge in [0.2, 0.25) is 5.91 Å². The normalized spacial score (nSPS) is 18.8. The van der Waals surface area contributed by atoms with Crippen LogP contribution in [0.15, 0.2) is 54.6 Å². The molecule has 4 rings (SSSR count). The molecule has 0 saturated carbocycles. The molecule has 1 N–H and O–H groups in total. The second-order valence-corrected chi connectivity index (χ2v) is 7.67. The minimum Gasteiger partial charge on any atom is -0.381 e. The van der Waals surface area contributed by atoms with E-state index in [1.807, 2.05) is 12.1 Å². The molecule has 2 fully saturated rings. The first-order valence-corrected chi connectivity index (χ1v) is 10.3. The number of carbonyl (C=O) groups excluding carboxylic acids is 1. The smallest absolute Gasteiger partial charge is 0.227 e. The Balaban J connectivity index is 1.27. The van der Waals surface area contributed by atoms with Crippen molar-refractivity contribution < 1.29 is 9.53 Å². The lowest BCUT2D eigenvalue weighted by Crippen LogP contribution is -2.45. The molecule has 0 radical (unpaired) electrons. The number of amides is 1. The van der Waals surface area contributed by atoms with E-state index < -0.39 is 0 Å². The number of nitrogens with one attached hydrogen (secondary N) is 1. The van der Waals surface area contributed by atoms with E-state index in [0.717, 1.165) is 51.3 Å². The summed E-state index contributed by atoms with van der Waals surface area (Å²) in [5.74, 6) is 0.191. The molecule has 5 heteroatoms. The van der Waals surface area contributed by atoms with E-state index >= 15 is 0 Å². The summed E-state index contributed by atoms with van der Waals surface area (Å²) in [5.41, 5.74) is 3.48. The lowest BCUT2D eigenvalue weighted by atomic mass is 9.99. The van der Waals surface area contributed by atoms with E-state index in [0.29, 0.717) is 13.2 Å². The molecule has 0 spiro atoms. The fraction of sp³-hybridized carbons (Fsp3) is 0.435. The minimum absolute atomic E-state index is 0.0751. The monoisotopic (exact) mass is 379 g/mol. The number of hydrogen-bond donors (Lipinski definition) is 1. The van der Waals surface area contributed by atoms with Crippen molar-refractivity contribution >= 4 is 17.3 Å². The number of piperazine rings is 1. The molecule has 5 nitrogen and oxygen atoms in total. The van der Waals surface area contributed by atoms with Crippen LogP contribution in [0.4, 0.5) is 11.4 Å². The number of anilines is 2. The standard InChI is InChI=1S/C23H29N3O2/c27-23(20-10-16-28-17-11-20)24-21-6-8-22(9-7-21)26-14-12-25(13-15-26)18-19-4-2-1-3-5-19/h1-9,20H,10-18H2,(H,24,27). The fourth-order valence-electron chi connectivity index (χ4n) is 3.97. The van der Waals surface area contributed by atoms with Gasteiger partial charge in [-0.3, -0.25) is 9.69 Å². The summed E-state index contributed by atoms with van der Waals surface area (Å²) in [6.45, 7) is 6.59. The molecule has 28 heavy (non-hydrogen) atoms. The highest BCUT2D eigenvalue weighted by molar-refractivity contribution is 5.92. The molecule has 2 aliphatic rings. The van der Waals surface area contributed by atoms with Crippen molar-refractivity contribution in [1.29, 1.82) is 0 Å². The Bertz CT molecular complexity index is 749. The SMILES string of the molecule is O=C(Nc1ccc(N2CCN(Cc3ccccc3)CC2)cc1)C1CCOCC1. The summed E-state index contributed by atoms with van der Waals surface area (Å²) in [4.78, 5) is 17.3. The molecule has 1 amide bonds. The first kappa shape index (κ1) is 19.0. The van der Waals surface area contributed by atoms with Crippen LogP contribution in [0.1, 0.15) is 18.4 Å². The van der Waals surface area contributed by atoms with Crippen LogP contribution in [0, 0.1) is 5.92 Å². The van der Waals surface area contributed by atoms with Gasteiger partial charge in [-0.15, -0.1) is 0 Å². The highest BCUT2D eigenvalue weighted by atomic mass is 16.5. The molecule has 148 valence electrons. The largest absolute Gasteiger partial charge is 0.381 e. The van der Waals surface area contributed by atoms with E-state index in [9.17, 15) is 4.79 Å². The Morgan fingerprint density at radius 3 is 2.29 bits per heavy atom. The number of hydrogen-bond acceptors (Lipinski definition) is 4. The lowest BCUT2D eigenvalue weighted by molar-refractivity contribution is -0.122. The Kier molecular flexibility index (Phi) is 6.24. The average molecular weight is 380 g/mol. The van der Waals surface area contributed by atoms with Crippen LogP contribution < -0.4 is 10.2 Å². The zero-order valence-electron chi connectivity index (χ0n) is 16.3. The van der Waals surface area contributed by atoms with Gasteiger partial charge in [-0.1, -0.05) is 30.3 Å². The summed E-state index contributed by atoms with van der Waals surface area (Å²) in [5, 5.41) is 3.05. The Morgan fingerprint density at radius 1 is 0.929 bits per heavy atom. The Labute approximate surface area is 167 Å². The highest BCUT2D eigenvalue weighted by Gasteiger charge is 2.22. The van der Waals surface area contributed by atoms with Crippen molar-refractivity contribution in [1.82, 2.24) is 4.90 Å². The van der Waals surface area contributed by atoms with E-state index in [1.165, 1.54) is 11.3 Å². The van der Waals surface area contributed by atoms with Gasteiger partial charge in [0.25, 0.3) is 0 Å². The summed E-state index contributed by atoms with van der Waals surface area (Å²) in [7, 11) is 0. The predicted octanol–water partition coefficient (Wildman–Crippen LogP) is 3.37. The maximum Gasteiger partial charge on any atom is 0.227 e. The third kappa shape index (κ3) is 4.91. The summed E-state index contributed by atoms with van der Waals surface area (Å²) in [6.07, 6.45) is 1.63. The van der Waals surface area contributed by atoms with Gasteiger partial charge in [-0.2, -0.15) is 0 Å². The Hall–Kier alpha value is -2.37. The first-order chi connectivity index (χ1) is 13.8. The van der Waals surface area contributed by atoms with Crippen LogP contribution in [0.3, 0.4) is 0 Å². The quantitative estimate of drug-likeness (QED) is 0.865. The van der Waals surface area contributed by atoms with E-state index in [2.05, 4.69) is 57.6 Å². The Morgan fingerprint density at radius 2 is 1.61 bits per heavy atom. The summed E-state index contributed by atoms with van der Waals surface area (Å²) >= 11 is 0. The summed E-state index contributed by atoms with van der Waals surface area (Å²) < 4.78 is 5.33. The lowest BCUT2D eigenvalue weighted by Gasteiger charge is -2.36. The van der Waals surface area contributed by atoms with Gasteiger partial charge in [0.05, 0.1) is 0 Å². The molecule has 0 aliphatic carbocycles. The molecule has 2 aromatic carbocycles. The number of nitrogens with zero attached hydrogens (tertiary/aromatic N) is 2. The van der Waals surface area contributed by atoms with Crippen molar-refractivity contribution in [2.24, 2.45) is 5.92 Å². The third-order valence-corrected chi connectivity index (χ3v) is 5.71. The van der Waals surface area contributed by atoms with Gasteiger partial charge in [0, 0.05) is 63.2 Å². The minimum atomic E-state index is 0.0751. The molecule has 0 unspecified atom stereocenters. The van der Waals surface area contributed by atoms with Crippen LogP contribution in [0.2, 0.25) is 0 Å². The number of ether oxygens (including phenoxy) is 1. The maximum atomic E-state index is 12.4. The van der Waals surface area contributed by atoms with Gasteiger partial charge >= 0.3 is 0 Å². The molecule has 2 saturated heterocycles. The third-order valence-electron chi connectivity index (χ3n) is 5.71. The van der Waals surface area contributed by atoms with E-state index in [4.69, 9.17) is 4.74 Å². The van der Waals surface area contributed by atoms with Gasteiger partial charge < -0.3 is 15.0 Å². The van der Waals surface area contributed by atoms with Crippen molar-refractivity contribution in [3.63, 3.8) is 0 Å². The van der Waals surface area contributed by atoms with Crippen molar-refractivity contribution in [2.45, 2.75) is 19.4 Å². The zero-order valence-corrected chi connectivity index (χ0v) is 16.3. The van der Waals surface area contributed by atoms with Crippen LogP contribution >= 0.6 is 0 Å². The predicted molar refractivity (Wildman–Crippen MR) is 113 cm³/mol. The van der Waals surface area contributed by atoms with Gasteiger partial charge in [-0.25, -0.2) is 0 Å². The van der Waals surface area contributed by atoms with Crippen molar-refractivity contribution in [2.75, 3.05) is 49.6 Å². The molecule has 0 atom stereocenters. The average Bonchev–Trinajstić information content (AvgIpc) is 2.76. The number of rotatable bonds is 5. The van der Waals surface area contributed by atoms with Gasteiger partial charge in [0.15, 0.2) is 0 Å². The fourth-order valence-corrected chi connectivity index (χ4v) is 3.97. The number of benzene rings is 2. The van der Waals surface area contributed by atoms with Gasteiger partial charge in [0.1, 0.15) is 0 Å².